The highest BCUT2D eigenvalue weighted by Gasteiger charge is 2.62. The van der Waals surface area contributed by atoms with Gasteiger partial charge < -0.3 is 35.3 Å². The van der Waals surface area contributed by atoms with Crippen molar-refractivity contribution in [2.75, 3.05) is 6.61 Å². The fourth-order valence-corrected chi connectivity index (χ4v) is 2.75. The van der Waals surface area contributed by atoms with E-state index < -0.39 is 36.4 Å². The number of ether oxygens (including phenoxy) is 1. The molecule has 1 aromatic carbocycles. The molecule has 0 saturated carbocycles. The van der Waals surface area contributed by atoms with E-state index in [1.54, 1.807) is 12.3 Å². The predicted molar refractivity (Wildman–Crippen MR) is 75.3 cm³/mol. The molecule has 0 amide bonds. The number of aliphatic hydroxyl groups is 5. The number of hydrogen-bond acceptors (Lipinski definition) is 7. The summed E-state index contributed by atoms with van der Waals surface area (Å²) in [6.07, 6.45) is -3.16. The molecular weight excluding hydrogens is 292 g/mol. The molecule has 1 fully saturated rings. The average molecular weight is 310 g/mol. The number of H-pyrrole nitrogens is 1. The summed E-state index contributed by atoms with van der Waals surface area (Å²) < 4.78 is 5.24. The van der Waals surface area contributed by atoms with Crippen LogP contribution in [0.15, 0.2) is 30.5 Å². The summed E-state index contributed by atoms with van der Waals surface area (Å²) in [5.74, 6) is -2.50. The summed E-state index contributed by atoms with van der Waals surface area (Å²) in [4.78, 5) is 2.94. The van der Waals surface area contributed by atoms with Gasteiger partial charge in [0.05, 0.1) is 6.61 Å². The lowest BCUT2D eigenvalue weighted by molar-refractivity contribution is -0.396. The highest BCUT2D eigenvalue weighted by Crippen LogP contribution is 2.41. The van der Waals surface area contributed by atoms with Crippen molar-refractivity contribution in [3.63, 3.8) is 0 Å². The van der Waals surface area contributed by atoms with Gasteiger partial charge in [0.1, 0.15) is 18.3 Å². The lowest BCUT2D eigenvalue weighted by Crippen LogP contribution is -2.75. The molecule has 2 heterocycles. The van der Waals surface area contributed by atoms with Crippen LogP contribution in [0.4, 0.5) is 0 Å². The first-order valence-corrected chi connectivity index (χ1v) is 6.77. The van der Waals surface area contributed by atoms with Gasteiger partial charge in [0.2, 0.25) is 11.5 Å². The lowest BCUT2D eigenvalue weighted by atomic mass is 9.83. The van der Waals surface area contributed by atoms with Crippen molar-refractivity contribution in [1.29, 1.82) is 0 Å². The Morgan fingerprint density at radius 3 is 2.64 bits per heavy atom. The van der Waals surface area contributed by atoms with Gasteiger partial charge in [0, 0.05) is 17.3 Å². The molecule has 120 valence electrons. The summed E-state index contributed by atoms with van der Waals surface area (Å²) in [5.41, 5.74) is 3.71. The zero-order valence-corrected chi connectivity index (χ0v) is 11.5. The second-order valence-electron chi connectivity index (χ2n) is 5.52. The molecule has 22 heavy (non-hydrogen) atoms. The van der Waals surface area contributed by atoms with E-state index in [-0.39, 0.29) is 5.56 Å². The van der Waals surface area contributed by atoms with E-state index >= 15 is 0 Å². The summed E-state index contributed by atoms with van der Waals surface area (Å²) in [7, 11) is 0. The van der Waals surface area contributed by atoms with Crippen molar-refractivity contribution in [2.24, 2.45) is 5.73 Å². The van der Waals surface area contributed by atoms with Gasteiger partial charge in [-0.25, -0.2) is 0 Å². The van der Waals surface area contributed by atoms with Gasteiger partial charge in [-0.15, -0.1) is 0 Å². The number of hydrogen-bond donors (Lipinski definition) is 7. The van der Waals surface area contributed by atoms with Crippen LogP contribution in [0.25, 0.3) is 10.9 Å². The van der Waals surface area contributed by atoms with Gasteiger partial charge in [-0.05, 0) is 17.5 Å². The molecule has 3 rings (SSSR count). The maximum Gasteiger partial charge on any atom is 0.239 e. The first-order chi connectivity index (χ1) is 10.3. The zero-order chi connectivity index (χ0) is 16.1. The highest BCUT2D eigenvalue weighted by atomic mass is 16.7. The largest absolute Gasteiger partial charge is 0.394 e. The van der Waals surface area contributed by atoms with Crippen molar-refractivity contribution < 1.29 is 30.3 Å². The van der Waals surface area contributed by atoms with E-state index in [1.165, 1.54) is 12.1 Å². The Balaban J connectivity index is 2.11. The molecule has 1 aliphatic heterocycles. The van der Waals surface area contributed by atoms with E-state index in [9.17, 15) is 25.5 Å². The Hall–Kier alpha value is -1.52. The van der Waals surface area contributed by atoms with Crippen LogP contribution in [0.1, 0.15) is 5.56 Å². The third kappa shape index (κ3) is 1.97. The van der Waals surface area contributed by atoms with Crippen molar-refractivity contribution in [3.05, 3.63) is 36.0 Å². The van der Waals surface area contributed by atoms with Crippen LogP contribution in [-0.2, 0) is 10.5 Å². The van der Waals surface area contributed by atoms with Gasteiger partial charge in [0.15, 0.2) is 0 Å². The maximum atomic E-state index is 10.8. The van der Waals surface area contributed by atoms with E-state index in [1.807, 2.05) is 6.07 Å². The van der Waals surface area contributed by atoms with Gasteiger partial charge in [-0.3, -0.25) is 5.73 Å². The van der Waals surface area contributed by atoms with Crippen LogP contribution in [0.5, 0.6) is 0 Å². The molecule has 8 N–H and O–H groups in total. The Morgan fingerprint density at radius 1 is 1.23 bits per heavy atom. The average Bonchev–Trinajstić information content (AvgIpc) is 2.97. The molecule has 2 aromatic rings. The minimum atomic E-state index is -2.67. The van der Waals surface area contributed by atoms with Crippen LogP contribution >= 0.6 is 0 Å². The standard InChI is InChI=1S/C14H18N2O6/c15-13(20)12(19)11(18)10(6-17)22-14(13,21)8-2-1-7-3-4-16-9(7)5-8/h1-5,10-12,16-21H,6,15H2/t10-,11-,12+,13-,14?/m1/s1. The number of aromatic amines is 1. The molecule has 1 aliphatic rings. The normalized spacial score (nSPS) is 39.3. The quantitative estimate of drug-likeness (QED) is 0.319. The summed E-state index contributed by atoms with van der Waals surface area (Å²) >= 11 is 0. The number of aromatic nitrogens is 1. The Labute approximate surface area is 125 Å². The monoisotopic (exact) mass is 310 g/mol. The number of nitrogens with one attached hydrogen (secondary N) is 1. The van der Waals surface area contributed by atoms with Crippen LogP contribution in [0.3, 0.4) is 0 Å². The van der Waals surface area contributed by atoms with E-state index in [4.69, 9.17) is 10.5 Å². The van der Waals surface area contributed by atoms with Crippen LogP contribution < -0.4 is 5.73 Å². The lowest BCUT2D eigenvalue weighted by Gasteiger charge is -2.51. The molecule has 0 aliphatic carbocycles. The molecule has 5 atom stereocenters. The first-order valence-electron chi connectivity index (χ1n) is 6.77. The first kappa shape index (κ1) is 15.4. The smallest absolute Gasteiger partial charge is 0.239 e. The van der Waals surface area contributed by atoms with Gasteiger partial charge >= 0.3 is 0 Å². The van der Waals surface area contributed by atoms with Gasteiger partial charge in [0.25, 0.3) is 0 Å². The van der Waals surface area contributed by atoms with Crippen LogP contribution in [0.2, 0.25) is 0 Å². The molecule has 0 spiro atoms. The number of aliphatic hydroxyl groups excluding tert-OH is 3. The molecule has 8 nitrogen and oxygen atoms in total. The highest BCUT2D eigenvalue weighted by molar-refractivity contribution is 5.80. The molecule has 8 heteroatoms. The molecule has 0 radical (unpaired) electrons. The minimum absolute atomic E-state index is 0.0804. The topological polar surface area (TPSA) is 152 Å². The molecule has 1 saturated heterocycles. The molecule has 0 bridgehead atoms. The molecule has 1 aromatic heterocycles. The number of nitrogens with two attached hydrogens (primary N) is 1. The van der Waals surface area contributed by atoms with Crippen molar-refractivity contribution in [3.8, 4) is 0 Å². The van der Waals surface area contributed by atoms with Crippen molar-refractivity contribution in [1.82, 2.24) is 4.98 Å². The SMILES string of the molecule is N[C@@]1(O)[C@@H](O)[C@H](O)[C@@H](CO)OC1(O)c1ccc2cc[nH]c2c1. The van der Waals surface area contributed by atoms with Crippen molar-refractivity contribution >= 4 is 10.9 Å². The molecule has 1 unspecified atom stereocenters. The fraction of sp³-hybridized carbons (Fsp3) is 0.429. The second-order valence-corrected chi connectivity index (χ2v) is 5.52. The predicted octanol–water partition coefficient (Wildman–Crippen LogP) is -1.93. The minimum Gasteiger partial charge on any atom is -0.394 e. The zero-order valence-electron chi connectivity index (χ0n) is 11.5. The number of benzene rings is 1. The Bertz CT molecular complexity index is 687. The Morgan fingerprint density at radius 2 is 1.95 bits per heavy atom. The number of rotatable bonds is 2. The second kappa shape index (κ2) is 5.00. The third-order valence-electron chi connectivity index (χ3n) is 4.15. The summed E-state index contributed by atoms with van der Waals surface area (Å²) in [6.45, 7) is -0.665. The Kier molecular flexibility index (Phi) is 3.49. The van der Waals surface area contributed by atoms with Crippen LogP contribution in [-0.4, -0.2) is 61.2 Å². The van der Waals surface area contributed by atoms with E-state index in [0.717, 1.165) is 5.39 Å². The van der Waals surface area contributed by atoms with Gasteiger partial charge in [-0.2, -0.15) is 0 Å². The van der Waals surface area contributed by atoms with Crippen molar-refractivity contribution in [2.45, 2.75) is 29.8 Å². The fourth-order valence-electron chi connectivity index (χ4n) is 2.75. The van der Waals surface area contributed by atoms with E-state index in [0.29, 0.717) is 5.52 Å². The summed E-state index contributed by atoms with van der Waals surface area (Å²) in [6, 6.07) is 6.47. The third-order valence-corrected chi connectivity index (χ3v) is 4.15. The number of fused-ring (bicyclic) bond motifs is 1. The maximum absolute atomic E-state index is 10.8. The van der Waals surface area contributed by atoms with Crippen LogP contribution in [0, 0.1) is 0 Å². The van der Waals surface area contributed by atoms with Gasteiger partial charge in [-0.1, -0.05) is 12.1 Å². The van der Waals surface area contributed by atoms with E-state index in [2.05, 4.69) is 4.98 Å². The summed E-state index contributed by atoms with van der Waals surface area (Å²) in [5, 5.41) is 51.0. The molecular formula is C14H18N2O6.